The van der Waals surface area contributed by atoms with E-state index >= 15 is 0 Å². The van der Waals surface area contributed by atoms with E-state index in [9.17, 15) is 13.2 Å². The Bertz CT molecular complexity index is 1300. The molecule has 0 aliphatic carbocycles. The molecular formula is C31H46N6O3S. The standard InChI is InChI=1S/C31H46N6O3S/c1-23-21-35(31(4)13-17-34(18-14-31)30(38)28-24(2)32-22-33-25(28)3)19-20-37(23)29(26-9-7-6-8-10-26)27-11-15-36(16-12-27)41(5,39)40/h6-10,22-23,27,29H,11-21H2,1-5H3/t23-,29-/m0/s1. The van der Waals surface area contributed by atoms with Gasteiger partial charge in [-0.25, -0.2) is 22.7 Å². The number of piperazine rings is 1. The molecule has 3 aliphatic rings. The van der Waals surface area contributed by atoms with Gasteiger partial charge in [-0.05, 0) is 64.9 Å². The zero-order valence-corrected chi connectivity index (χ0v) is 26.1. The van der Waals surface area contributed by atoms with Gasteiger partial charge in [-0.2, -0.15) is 0 Å². The Labute approximate surface area is 246 Å². The van der Waals surface area contributed by atoms with E-state index in [0.29, 0.717) is 30.6 Å². The van der Waals surface area contributed by atoms with Gasteiger partial charge < -0.3 is 4.90 Å². The summed E-state index contributed by atoms with van der Waals surface area (Å²) in [5, 5.41) is 0. The molecule has 0 bridgehead atoms. The van der Waals surface area contributed by atoms with Crippen LogP contribution in [-0.4, -0.2) is 107 Å². The van der Waals surface area contributed by atoms with Crippen molar-refractivity contribution >= 4 is 15.9 Å². The van der Waals surface area contributed by atoms with Gasteiger partial charge in [0.15, 0.2) is 0 Å². The van der Waals surface area contributed by atoms with Crippen LogP contribution < -0.4 is 0 Å². The van der Waals surface area contributed by atoms with Gasteiger partial charge >= 0.3 is 0 Å². The van der Waals surface area contributed by atoms with Crippen LogP contribution in [0.3, 0.4) is 0 Å². The maximum atomic E-state index is 13.3. The first-order valence-corrected chi connectivity index (χ1v) is 16.9. The Morgan fingerprint density at radius 1 is 0.951 bits per heavy atom. The van der Waals surface area contributed by atoms with Crippen molar-refractivity contribution in [3.63, 3.8) is 0 Å². The molecule has 224 valence electrons. The topological polar surface area (TPSA) is 90.0 Å². The van der Waals surface area contributed by atoms with E-state index in [2.05, 4.69) is 63.9 Å². The van der Waals surface area contributed by atoms with E-state index in [0.717, 1.165) is 69.8 Å². The molecule has 41 heavy (non-hydrogen) atoms. The minimum atomic E-state index is -3.15. The summed E-state index contributed by atoms with van der Waals surface area (Å²) < 4.78 is 25.9. The number of aromatic nitrogens is 2. The molecule has 4 heterocycles. The number of benzene rings is 1. The molecule has 0 N–H and O–H groups in total. The second-order valence-electron chi connectivity index (χ2n) is 12.6. The van der Waals surface area contributed by atoms with E-state index < -0.39 is 10.0 Å². The summed E-state index contributed by atoms with van der Waals surface area (Å²) in [6, 6.07) is 11.4. The monoisotopic (exact) mass is 582 g/mol. The summed E-state index contributed by atoms with van der Waals surface area (Å²) in [5.74, 6) is 0.469. The molecule has 3 saturated heterocycles. The molecule has 10 heteroatoms. The van der Waals surface area contributed by atoms with Crippen molar-refractivity contribution in [2.24, 2.45) is 5.92 Å². The van der Waals surface area contributed by atoms with Gasteiger partial charge in [0.1, 0.15) is 6.33 Å². The van der Waals surface area contributed by atoms with Crippen molar-refractivity contribution < 1.29 is 13.2 Å². The SMILES string of the molecule is Cc1ncnc(C)c1C(=O)N1CCC(C)(N2CCN([C@@H](c3ccccc3)C3CCN(S(C)(=O)=O)CC3)[C@@H](C)C2)CC1. The number of carbonyl (C=O) groups is 1. The molecule has 2 aromatic rings. The van der Waals surface area contributed by atoms with Crippen LogP contribution in [-0.2, 0) is 10.0 Å². The van der Waals surface area contributed by atoms with E-state index in [-0.39, 0.29) is 17.5 Å². The predicted molar refractivity (Wildman–Crippen MR) is 161 cm³/mol. The highest BCUT2D eigenvalue weighted by Gasteiger charge is 2.43. The first-order valence-electron chi connectivity index (χ1n) is 15.1. The Morgan fingerprint density at radius 2 is 1.56 bits per heavy atom. The molecule has 3 fully saturated rings. The Kier molecular flexibility index (Phi) is 8.85. The van der Waals surface area contributed by atoms with Crippen molar-refractivity contribution in [1.29, 1.82) is 0 Å². The molecule has 0 unspecified atom stereocenters. The van der Waals surface area contributed by atoms with Crippen molar-refractivity contribution in [2.75, 3.05) is 52.1 Å². The summed E-state index contributed by atoms with van der Waals surface area (Å²) >= 11 is 0. The van der Waals surface area contributed by atoms with Crippen molar-refractivity contribution in [3.8, 4) is 0 Å². The number of sulfonamides is 1. The summed E-state index contributed by atoms with van der Waals surface area (Å²) in [5.41, 5.74) is 3.52. The molecule has 1 aromatic heterocycles. The van der Waals surface area contributed by atoms with Crippen molar-refractivity contribution in [2.45, 2.75) is 71.0 Å². The lowest BCUT2D eigenvalue weighted by Gasteiger charge is -2.54. The zero-order valence-electron chi connectivity index (χ0n) is 25.3. The van der Waals surface area contributed by atoms with Crippen molar-refractivity contribution in [3.05, 3.63) is 59.2 Å². The molecular weight excluding hydrogens is 536 g/mol. The molecule has 0 radical (unpaired) electrons. The Balaban J connectivity index is 1.25. The average molecular weight is 583 g/mol. The summed E-state index contributed by atoms with van der Waals surface area (Å²) in [4.78, 5) is 29.2. The van der Waals surface area contributed by atoms with Gasteiger partial charge in [0.2, 0.25) is 10.0 Å². The summed E-state index contributed by atoms with van der Waals surface area (Å²) in [7, 11) is -3.15. The number of aryl methyl sites for hydroxylation is 2. The highest BCUT2D eigenvalue weighted by molar-refractivity contribution is 7.88. The average Bonchev–Trinajstić information content (AvgIpc) is 2.94. The number of hydrogen-bond acceptors (Lipinski definition) is 7. The van der Waals surface area contributed by atoms with E-state index in [1.165, 1.54) is 18.1 Å². The van der Waals surface area contributed by atoms with Gasteiger partial charge in [-0.15, -0.1) is 0 Å². The molecule has 0 spiro atoms. The van der Waals surface area contributed by atoms with Gasteiger partial charge in [0.05, 0.1) is 23.2 Å². The number of nitrogens with zero attached hydrogens (tertiary/aromatic N) is 6. The lowest BCUT2D eigenvalue weighted by molar-refractivity contribution is -0.0421. The number of likely N-dealkylation sites (tertiary alicyclic amines) is 1. The maximum Gasteiger partial charge on any atom is 0.257 e. The largest absolute Gasteiger partial charge is 0.338 e. The first-order chi connectivity index (χ1) is 19.5. The second kappa shape index (κ2) is 12.1. The smallest absolute Gasteiger partial charge is 0.257 e. The van der Waals surface area contributed by atoms with E-state index in [4.69, 9.17) is 0 Å². The predicted octanol–water partition coefficient (Wildman–Crippen LogP) is 3.51. The minimum absolute atomic E-state index is 0.0495. The van der Waals surface area contributed by atoms with Crippen molar-refractivity contribution in [1.82, 2.24) is 29.0 Å². The van der Waals surface area contributed by atoms with Gasteiger partial charge in [0.25, 0.3) is 5.91 Å². The third kappa shape index (κ3) is 6.35. The molecule has 2 atom stereocenters. The highest BCUT2D eigenvalue weighted by atomic mass is 32.2. The van der Waals surface area contributed by atoms with Crippen LogP contribution in [0.1, 0.15) is 72.9 Å². The zero-order chi connectivity index (χ0) is 29.4. The number of piperidine rings is 2. The number of carbonyl (C=O) groups excluding carboxylic acids is 1. The second-order valence-corrected chi connectivity index (χ2v) is 14.6. The Morgan fingerprint density at radius 3 is 2.12 bits per heavy atom. The summed E-state index contributed by atoms with van der Waals surface area (Å²) in [6.07, 6.45) is 6.50. The third-order valence-corrected chi connectivity index (χ3v) is 11.2. The van der Waals surface area contributed by atoms with Crippen LogP contribution in [0.2, 0.25) is 0 Å². The van der Waals surface area contributed by atoms with Crippen LogP contribution >= 0.6 is 0 Å². The molecule has 5 rings (SSSR count). The first kappa shape index (κ1) is 30.1. The van der Waals surface area contributed by atoms with Crippen LogP contribution in [0.5, 0.6) is 0 Å². The highest BCUT2D eigenvalue weighted by Crippen LogP contribution is 2.40. The normalized spacial score (nSPS) is 24.3. The third-order valence-electron chi connectivity index (χ3n) is 9.92. The van der Waals surface area contributed by atoms with E-state index in [1.54, 1.807) is 4.31 Å². The van der Waals surface area contributed by atoms with Gasteiger partial charge in [0, 0.05) is 63.4 Å². The Hall–Kier alpha value is -2.40. The molecule has 1 amide bonds. The van der Waals surface area contributed by atoms with Crippen LogP contribution in [0.4, 0.5) is 0 Å². The lowest BCUT2D eigenvalue weighted by atomic mass is 9.82. The minimum Gasteiger partial charge on any atom is -0.338 e. The fraction of sp³-hybridized carbons (Fsp3) is 0.645. The molecule has 3 aliphatic heterocycles. The van der Waals surface area contributed by atoms with Gasteiger partial charge in [-0.1, -0.05) is 30.3 Å². The fourth-order valence-electron chi connectivity index (χ4n) is 7.35. The van der Waals surface area contributed by atoms with Crippen LogP contribution in [0.25, 0.3) is 0 Å². The molecule has 9 nitrogen and oxygen atoms in total. The van der Waals surface area contributed by atoms with E-state index in [1.807, 2.05) is 18.7 Å². The molecule has 1 aromatic carbocycles. The summed E-state index contributed by atoms with van der Waals surface area (Å²) in [6.45, 7) is 14.1. The number of amides is 1. The maximum absolute atomic E-state index is 13.3. The number of rotatable bonds is 6. The molecule has 0 saturated carbocycles. The van der Waals surface area contributed by atoms with Crippen LogP contribution in [0, 0.1) is 19.8 Å². The van der Waals surface area contributed by atoms with Crippen LogP contribution in [0.15, 0.2) is 36.7 Å². The number of hydrogen-bond donors (Lipinski definition) is 0. The quantitative estimate of drug-likeness (QED) is 0.515. The van der Waals surface area contributed by atoms with Gasteiger partial charge in [-0.3, -0.25) is 14.6 Å². The lowest BCUT2D eigenvalue weighted by Crippen LogP contribution is -2.63. The fourth-order valence-corrected chi connectivity index (χ4v) is 8.23.